The number of rotatable bonds is 9. The Balaban J connectivity index is 4.34. The molecule has 0 rings (SSSR count). The molecular formula is C15H35N3O2+2. The lowest BCUT2D eigenvalue weighted by Gasteiger charge is -2.39. The molecule has 1 unspecified atom stereocenters. The SMILES string of the molecule is C=C[N+](C)(C)OC(C)CCN(C)C(C)(C)O[N+](C)(C)C. The fraction of sp³-hybridized carbons (Fsp3) is 0.867. The number of nitrogens with zero attached hydrogens (tertiary/aromatic N) is 3. The Morgan fingerprint density at radius 3 is 2.10 bits per heavy atom. The van der Waals surface area contributed by atoms with Crippen LogP contribution in [-0.2, 0) is 9.68 Å². The van der Waals surface area contributed by atoms with Crippen LogP contribution in [0.15, 0.2) is 12.8 Å². The van der Waals surface area contributed by atoms with E-state index in [9.17, 15) is 0 Å². The molecule has 0 N–H and O–H groups in total. The topological polar surface area (TPSA) is 21.7 Å². The molecule has 0 aliphatic rings. The molecule has 0 aromatic rings. The van der Waals surface area contributed by atoms with Gasteiger partial charge in [-0.05, 0) is 40.8 Å². The van der Waals surface area contributed by atoms with Crippen LogP contribution in [0.25, 0.3) is 0 Å². The molecule has 1 atom stereocenters. The second kappa shape index (κ2) is 7.00. The van der Waals surface area contributed by atoms with Crippen molar-refractivity contribution in [3.8, 4) is 0 Å². The maximum absolute atomic E-state index is 6.04. The summed E-state index contributed by atoms with van der Waals surface area (Å²) < 4.78 is 0.841. The normalized spacial score (nSPS) is 15.5. The second-order valence-electron chi connectivity index (χ2n) is 7.17. The molecule has 0 fully saturated rings. The first-order valence-electron chi connectivity index (χ1n) is 7.18. The number of hydrogen-bond acceptors (Lipinski definition) is 3. The first kappa shape index (κ1) is 19.5. The van der Waals surface area contributed by atoms with Crippen molar-refractivity contribution in [1.29, 1.82) is 0 Å². The quantitative estimate of drug-likeness (QED) is 0.369. The van der Waals surface area contributed by atoms with Crippen LogP contribution < -0.4 is 0 Å². The Hall–Kier alpha value is -0.460. The van der Waals surface area contributed by atoms with E-state index in [0.717, 1.165) is 13.0 Å². The van der Waals surface area contributed by atoms with Gasteiger partial charge in [0.1, 0.15) is 26.4 Å². The zero-order valence-corrected chi connectivity index (χ0v) is 14.9. The van der Waals surface area contributed by atoms with Gasteiger partial charge in [0, 0.05) is 6.54 Å². The zero-order chi connectivity index (χ0) is 16.2. The van der Waals surface area contributed by atoms with Gasteiger partial charge < -0.3 is 0 Å². The van der Waals surface area contributed by atoms with E-state index in [0.29, 0.717) is 9.29 Å². The molecule has 0 spiro atoms. The van der Waals surface area contributed by atoms with Gasteiger partial charge in [-0.3, -0.25) is 4.90 Å². The highest BCUT2D eigenvalue weighted by molar-refractivity contribution is 4.67. The van der Waals surface area contributed by atoms with Gasteiger partial charge in [0.05, 0.1) is 21.1 Å². The highest BCUT2D eigenvalue weighted by Crippen LogP contribution is 2.19. The zero-order valence-electron chi connectivity index (χ0n) is 14.9. The minimum atomic E-state index is -0.319. The van der Waals surface area contributed by atoms with E-state index in [1.807, 2.05) is 35.2 Å². The van der Waals surface area contributed by atoms with Gasteiger partial charge >= 0.3 is 0 Å². The lowest BCUT2D eigenvalue weighted by atomic mass is 10.2. The predicted molar refractivity (Wildman–Crippen MR) is 83.3 cm³/mol. The summed E-state index contributed by atoms with van der Waals surface area (Å²) in [7, 11) is 12.1. The Morgan fingerprint density at radius 2 is 1.70 bits per heavy atom. The van der Waals surface area contributed by atoms with Crippen LogP contribution in [-0.4, -0.2) is 74.9 Å². The molecule has 0 bridgehead atoms. The standard InChI is InChI=1S/C15H35N3O2/c1-11-18(9,10)19-14(2)12-13-16(5)15(3,4)20-17(6,7)8/h11,14H,1,12-13H2,2-10H3/q+2. The van der Waals surface area contributed by atoms with Crippen molar-refractivity contribution in [2.45, 2.75) is 39.0 Å². The summed E-state index contributed by atoms with van der Waals surface area (Å²) in [5, 5.41) is 0. The molecule has 0 aliphatic heterocycles. The summed E-state index contributed by atoms with van der Waals surface area (Å²) >= 11 is 0. The number of quaternary nitrogens is 2. The fourth-order valence-electron chi connectivity index (χ4n) is 1.94. The van der Waals surface area contributed by atoms with Gasteiger partial charge in [-0.2, -0.15) is 19.0 Å². The summed E-state index contributed by atoms with van der Waals surface area (Å²) in [6.07, 6.45) is 2.88. The highest BCUT2D eigenvalue weighted by atomic mass is 16.7. The van der Waals surface area contributed by atoms with Crippen molar-refractivity contribution in [3.05, 3.63) is 12.8 Å². The largest absolute Gasteiger partial charge is 0.274 e. The second-order valence-corrected chi connectivity index (χ2v) is 7.17. The fourth-order valence-corrected chi connectivity index (χ4v) is 1.94. The molecule has 0 aromatic heterocycles. The van der Waals surface area contributed by atoms with E-state index in [1.165, 1.54) is 0 Å². The molecule has 0 aromatic carbocycles. The summed E-state index contributed by atoms with van der Waals surface area (Å²) in [5.74, 6) is 0. The van der Waals surface area contributed by atoms with Gasteiger partial charge in [0.2, 0.25) is 0 Å². The number of hydrogen-bond donors (Lipinski definition) is 0. The minimum Gasteiger partial charge on any atom is -0.274 e. The van der Waals surface area contributed by atoms with E-state index < -0.39 is 0 Å². The predicted octanol–water partition coefficient (Wildman–Crippen LogP) is 2.22. The molecule has 0 saturated carbocycles. The van der Waals surface area contributed by atoms with Crippen LogP contribution >= 0.6 is 0 Å². The molecule has 0 heterocycles. The third-order valence-corrected chi connectivity index (χ3v) is 3.18. The van der Waals surface area contributed by atoms with Gasteiger partial charge in [-0.1, -0.05) is 0 Å². The lowest BCUT2D eigenvalue weighted by Crippen LogP contribution is -2.52. The van der Waals surface area contributed by atoms with Crippen LogP contribution in [0, 0.1) is 0 Å². The Bertz CT molecular complexity index is 309. The van der Waals surface area contributed by atoms with E-state index in [1.54, 1.807) is 6.20 Å². The first-order chi connectivity index (χ1) is 8.79. The smallest absolute Gasteiger partial charge is 0.174 e. The van der Waals surface area contributed by atoms with Crippen LogP contribution in [0.4, 0.5) is 0 Å². The summed E-state index contributed by atoms with van der Waals surface area (Å²) in [5.41, 5.74) is -0.319. The molecule has 120 valence electrons. The first-order valence-corrected chi connectivity index (χ1v) is 7.18. The van der Waals surface area contributed by atoms with E-state index in [-0.39, 0.29) is 11.8 Å². The number of hydroxylamine groups is 6. The molecule has 5 heteroatoms. The van der Waals surface area contributed by atoms with Crippen LogP contribution in [0.2, 0.25) is 0 Å². The molecule has 0 aliphatic carbocycles. The Labute approximate surface area is 125 Å². The van der Waals surface area contributed by atoms with Crippen molar-refractivity contribution in [3.63, 3.8) is 0 Å². The van der Waals surface area contributed by atoms with Crippen molar-refractivity contribution in [2.24, 2.45) is 0 Å². The summed E-state index contributed by atoms with van der Waals surface area (Å²) in [6, 6.07) is 0. The molecule has 0 amide bonds. The van der Waals surface area contributed by atoms with Crippen molar-refractivity contribution in [1.82, 2.24) is 4.90 Å². The molecule has 20 heavy (non-hydrogen) atoms. The van der Waals surface area contributed by atoms with Gasteiger partial charge in [-0.25, -0.2) is 0 Å². The van der Waals surface area contributed by atoms with Crippen molar-refractivity contribution < 1.29 is 19.0 Å². The molecular weight excluding hydrogens is 254 g/mol. The third kappa shape index (κ3) is 7.97. The Morgan fingerprint density at radius 1 is 1.20 bits per heavy atom. The maximum atomic E-state index is 6.04. The molecule has 0 saturated heterocycles. The Kier molecular flexibility index (Phi) is 6.84. The average molecular weight is 289 g/mol. The van der Waals surface area contributed by atoms with Gasteiger partial charge in [-0.15, -0.1) is 0 Å². The molecule has 0 radical (unpaired) electrons. The maximum Gasteiger partial charge on any atom is 0.174 e. The third-order valence-electron chi connectivity index (χ3n) is 3.18. The van der Waals surface area contributed by atoms with Crippen molar-refractivity contribution in [2.75, 3.05) is 48.8 Å². The summed E-state index contributed by atoms with van der Waals surface area (Å²) in [6.45, 7) is 10.9. The van der Waals surface area contributed by atoms with Gasteiger partial charge in [0.15, 0.2) is 5.72 Å². The van der Waals surface area contributed by atoms with Crippen LogP contribution in [0.5, 0.6) is 0 Å². The summed E-state index contributed by atoms with van der Waals surface area (Å²) in [4.78, 5) is 14.2. The van der Waals surface area contributed by atoms with Crippen LogP contribution in [0.3, 0.4) is 0 Å². The van der Waals surface area contributed by atoms with Crippen molar-refractivity contribution >= 4 is 0 Å². The van der Waals surface area contributed by atoms with Crippen LogP contribution in [0.1, 0.15) is 27.2 Å². The van der Waals surface area contributed by atoms with E-state index >= 15 is 0 Å². The van der Waals surface area contributed by atoms with E-state index in [2.05, 4.69) is 39.3 Å². The van der Waals surface area contributed by atoms with Gasteiger partial charge in [0.25, 0.3) is 0 Å². The lowest BCUT2D eigenvalue weighted by molar-refractivity contribution is -1.08. The van der Waals surface area contributed by atoms with E-state index in [4.69, 9.17) is 9.68 Å². The monoisotopic (exact) mass is 289 g/mol. The minimum absolute atomic E-state index is 0.158. The molecule has 5 nitrogen and oxygen atoms in total. The highest BCUT2D eigenvalue weighted by Gasteiger charge is 2.32. The average Bonchev–Trinajstić information content (AvgIpc) is 2.21.